The molecule has 6 heterocycles. The first-order valence-corrected chi connectivity index (χ1v) is 14.0. The van der Waals surface area contributed by atoms with Gasteiger partial charge in [-0.1, -0.05) is 19.6 Å². The van der Waals surface area contributed by atoms with Crippen LogP contribution in [0, 0.1) is 6.92 Å². The van der Waals surface area contributed by atoms with Gasteiger partial charge in [0, 0.05) is 36.2 Å². The number of imidazole rings is 2. The van der Waals surface area contributed by atoms with Gasteiger partial charge >= 0.3 is 115 Å². The Labute approximate surface area is 404 Å². The normalized spacial score (nSPS) is 8.66. The zero-order valence-corrected chi connectivity index (χ0v) is 36.3. The molecule has 0 saturated carbocycles. The van der Waals surface area contributed by atoms with Crippen molar-refractivity contribution in [3.8, 4) is 11.5 Å². The van der Waals surface area contributed by atoms with E-state index in [1.165, 1.54) is 25.6 Å². The van der Waals surface area contributed by atoms with Crippen molar-refractivity contribution < 1.29 is 154 Å². The van der Waals surface area contributed by atoms with Crippen LogP contribution in [0.4, 0.5) is 4.39 Å². The zero-order chi connectivity index (χ0) is 37.1. The van der Waals surface area contributed by atoms with E-state index in [-0.39, 0.29) is 148 Å². The van der Waals surface area contributed by atoms with Crippen LogP contribution in [0.1, 0.15) is 37.3 Å². The van der Waals surface area contributed by atoms with E-state index in [2.05, 4.69) is 29.6 Å². The van der Waals surface area contributed by atoms with Crippen molar-refractivity contribution in [2.24, 2.45) is 0 Å². The number of aromatic hydroxyl groups is 1. The molecule has 1 N–H and O–H groups in total. The summed E-state index contributed by atoms with van der Waals surface area (Å²) < 4.78 is 29.6. The van der Waals surface area contributed by atoms with Crippen LogP contribution >= 0.6 is 24.0 Å². The average Bonchev–Trinajstić information content (AvgIpc) is 3.83. The first kappa shape index (κ1) is 54.7. The van der Waals surface area contributed by atoms with E-state index in [1.807, 2.05) is 70.8 Å². The monoisotopic (exact) mass is 829 g/mol. The van der Waals surface area contributed by atoms with Crippen LogP contribution in [0.25, 0.3) is 11.0 Å². The number of carbonyl (C=O) groups excluding carboxylic acids is 4. The second kappa shape index (κ2) is 35.1. The molecule has 53 heavy (non-hydrogen) atoms. The van der Waals surface area contributed by atoms with Crippen molar-refractivity contribution in [3.05, 3.63) is 121 Å². The van der Waals surface area contributed by atoms with E-state index in [1.54, 1.807) is 25.0 Å². The number of rotatable bonds is 6. The van der Waals surface area contributed by atoms with Gasteiger partial charge in [0.2, 0.25) is 0 Å². The van der Waals surface area contributed by atoms with E-state index in [9.17, 15) is 9.18 Å². The number of hydrogen-bond acceptors (Lipinski definition) is 13. The fourth-order valence-electron chi connectivity index (χ4n) is 3.68. The van der Waals surface area contributed by atoms with Crippen LogP contribution in [0.2, 0.25) is 0 Å². The van der Waals surface area contributed by atoms with Crippen molar-refractivity contribution >= 4 is 53.6 Å². The summed E-state index contributed by atoms with van der Waals surface area (Å²) in [6, 6.07) is 11.3. The van der Waals surface area contributed by atoms with E-state index in [0.717, 1.165) is 33.5 Å². The molecular weight excluding hydrogens is 792 g/mol. The number of methoxy groups -OCH3 is 1. The molecule has 0 fully saturated rings. The van der Waals surface area contributed by atoms with Gasteiger partial charge in [-0.3, -0.25) is 19.2 Å². The van der Waals surface area contributed by atoms with Crippen LogP contribution in [0.3, 0.4) is 0 Å². The quantitative estimate of drug-likeness (QED) is 0.0530. The molecule has 0 spiro atoms. The molecule has 0 radical (unpaired) electrons. The van der Waals surface area contributed by atoms with Crippen LogP contribution in [-0.4, -0.2) is 66.7 Å². The molecule has 20 heteroatoms. The van der Waals surface area contributed by atoms with Crippen molar-refractivity contribution in [3.63, 3.8) is 0 Å². The fourth-order valence-corrected chi connectivity index (χ4v) is 3.90. The molecule has 276 valence electrons. The summed E-state index contributed by atoms with van der Waals surface area (Å²) in [5.41, 5.74) is 5.60. The second-order valence-corrected chi connectivity index (χ2v) is 8.93. The first-order valence-electron chi connectivity index (χ1n) is 14.1. The molecule has 0 bridgehead atoms. The van der Waals surface area contributed by atoms with Gasteiger partial charge in [0.1, 0.15) is 23.7 Å². The SMILES string of the molecule is C.COC(=O)c1ccncc1O.Cc1ccncc1OCc1cccn2cncc12.Cl.ClCc1cccn2cncc12.O=C=O.O=CO[O-].[2H]CF.[H-].[K+].[K+]. The largest absolute Gasteiger partial charge is 1.00 e. The maximum atomic E-state index is 10.8. The summed E-state index contributed by atoms with van der Waals surface area (Å²) in [4.78, 5) is 54.1. The second-order valence-electron chi connectivity index (χ2n) is 8.66. The number of nitrogens with zero attached hydrogens (tertiary/aromatic N) is 6. The molecule has 0 unspecified atom stereocenters. The molecule has 0 amide bonds. The first-order chi connectivity index (χ1) is 24.3. The van der Waals surface area contributed by atoms with Gasteiger partial charge in [-0.05, 0) is 42.3 Å². The molecule has 0 saturated heterocycles. The Bertz CT molecular complexity index is 1930. The maximum Gasteiger partial charge on any atom is 1.00 e. The number of alkyl halides is 2. The van der Waals surface area contributed by atoms with Gasteiger partial charge in [-0.15, -0.1) is 24.0 Å². The predicted molar refractivity (Wildman–Crippen MR) is 185 cm³/mol. The summed E-state index contributed by atoms with van der Waals surface area (Å²) in [5.74, 6) is 0.624. The van der Waals surface area contributed by atoms with Gasteiger partial charge in [-0.2, -0.15) is 9.59 Å². The van der Waals surface area contributed by atoms with Gasteiger partial charge in [0.25, 0.3) is 6.47 Å². The minimum Gasteiger partial charge on any atom is -1.00 e. The Kier molecular flexibility index (Phi) is 36.2. The summed E-state index contributed by atoms with van der Waals surface area (Å²) in [6.45, 7) is 2.35. The molecule has 6 rings (SSSR count). The molecule has 0 aliphatic heterocycles. The Morgan fingerprint density at radius 2 is 1.49 bits per heavy atom. The molecule has 6 aromatic rings. The third kappa shape index (κ3) is 20.6. The Hall–Kier alpha value is -2.66. The minimum absolute atomic E-state index is 0. The number of esters is 1. The molecule has 0 aromatic carbocycles. The number of halogens is 3. The van der Waals surface area contributed by atoms with Crippen molar-refractivity contribution in [1.82, 2.24) is 28.7 Å². The molecule has 15 nitrogen and oxygen atoms in total. The number of hydrogen-bond donors (Lipinski definition) is 1. The Balaban J connectivity index is -0.000000200. The Morgan fingerprint density at radius 3 is 1.96 bits per heavy atom. The summed E-state index contributed by atoms with van der Waals surface area (Å²) in [5, 5.41) is 17.5. The molecule has 0 aliphatic rings. The van der Waals surface area contributed by atoms with Crippen molar-refractivity contribution in [2.45, 2.75) is 26.8 Å². The van der Waals surface area contributed by atoms with Crippen LogP contribution < -0.4 is 113 Å². The van der Waals surface area contributed by atoms with Crippen molar-refractivity contribution in [2.75, 3.05) is 14.3 Å². The van der Waals surface area contributed by atoms with Crippen molar-refractivity contribution in [1.29, 1.82) is 0 Å². The zero-order valence-electron chi connectivity index (χ0n) is 30.5. The number of aromatic nitrogens is 6. The fraction of sp³-hybridized carbons (Fsp3) is 0.182. The third-order valence-electron chi connectivity index (χ3n) is 5.84. The standard InChI is InChI=1S/C14H13N3O.C8H7ClN2.C7H7NO3.CH3F.CH2O3.CO2.CH4.ClH.2K.H/c1-11-4-5-15-8-14(11)18-9-12-3-2-6-17-10-16-7-13(12)17;9-4-7-2-1-3-11-6-10-5-8(7)11;1-11-7(10)5-2-3-8-4-6(5)9;1-2;2-1-4-3;2-1-3;;;;;/h2-8,10H,9H2,1H3;1-3,5-6H,4H2;2-4,9H,1H3;1H3;1,3H;;1H4;1H;;;/q;;;;;;;;2*+1;-1/p-1/i;;;1D;;;;;;;. The van der Waals surface area contributed by atoms with E-state index >= 15 is 0 Å². The summed E-state index contributed by atoms with van der Waals surface area (Å²) in [6.07, 6.45) is 17.5. The topological polar surface area (TPSA) is 200 Å². The van der Waals surface area contributed by atoms with Gasteiger partial charge in [0.05, 0.1) is 64.1 Å². The third-order valence-corrected chi connectivity index (χ3v) is 6.13. The smallest absolute Gasteiger partial charge is 1.00 e. The van der Waals surface area contributed by atoms with Gasteiger partial charge < -0.3 is 35.0 Å². The number of pyridine rings is 4. The molecular formula is C33H37Cl2FK2N6O9. The molecule has 6 aromatic heterocycles. The van der Waals surface area contributed by atoms with E-state index in [4.69, 9.17) is 42.5 Å². The number of aryl methyl sites for hydroxylation is 1. The number of carbonyl (C=O) groups is 2. The van der Waals surface area contributed by atoms with E-state index < -0.39 is 13.1 Å². The minimum atomic E-state index is -1.00. The predicted octanol–water partition coefficient (Wildman–Crippen LogP) is -1.12. The van der Waals surface area contributed by atoms with E-state index in [0.29, 0.717) is 12.5 Å². The van der Waals surface area contributed by atoms with Crippen LogP contribution in [-0.2, 0) is 36.5 Å². The molecule has 0 atom stereocenters. The summed E-state index contributed by atoms with van der Waals surface area (Å²) >= 11 is 5.72. The van der Waals surface area contributed by atoms with Crippen LogP contribution in [0.15, 0.2) is 98.6 Å². The number of ether oxygens (including phenoxy) is 2. The average molecular weight is 831 g/mol. The van der Waals surface area contributed by atoms with Gasteiger partial charge in [-0.25, -0.2) is 14.8 Å². The van der Waals surface area contributed by atoms with Gasteiger partial charge in [0.15, 0.2) is 0 Å². The Morgan fingerprint density at radius 1 is 1.00 bits per heavy atom. The maximum absolute atomic E-state index is 10.8. The number of fused-ring (bicyclic) bond motifs is 2. The van der Waals surface area contributed by atoms with Crippen LogP contribution in [0.5, 0.6) is 11.5 Å². The molecule has 0 aliphatic carbocycles. The summed E-state index contributed by atoms with van der Waals surface area (Å²) in [7, 11) is 0.252.